The zero-order chi connectivity index (χ0) is 25.4. The standard InChI is InChI=1S/C27H25N3O5/c1-15-10-11-20(12-16(15)2)30-25(32)22(24(31)28-27(30)34)14-19-13-17(3)29(18(19)4)23-9-7-6-8-21(23)26(33)35-5/h6-14H,1-5H3,(H,28,31,34)/b22-14+. The van der Waals surface area contributed by atoms with E-state index in [2.05, 4.69) is 5.32 Å². The van der Waals surface area contributed by atoms with Crippen molar-refractivity contribution in [1.29, 1.82) is 0 Å². The largest absolute Gasteiger partial charge is 0.465 e. The first kappa shape index (κ1) is 23.7. The summed E-state index contributed by atoms with van der Waals surface area (Å²) in [6.45, 7) is 7.50. The number of barbiturate groups is 1. The summed E-state index contributed by atoms with van der Waals surface area (Å²) < 4.78 is 6.77. The Morgan fingerprint density at radius 1 is 0.943 bits per heavy atom. The molecule has 2 heterocycles. The van der Waals surface area contributed by atoms with Gasteiger partial charge in [0.05, 0.1) is 24.0 Å². The van der Waals surface area contributed by atoms with Crippen LogP contribution in [0.2, 0.25) is 0 Å². The van der Waals surface area contributed by atoms with Gasteiger partial charge < -0.3 is 9.30 Å². The maximum Gasteiger partial charge on any atom is 0.339 e. The van der Waals surface area contributed by atoms with Crippen LogP contribution in [0.1, 0.15) is 38.4 Å². The van der Waals surface area contributed by atoms with E-state index in [1.54, 1.807) is 30.3 Å². The molecule has 8 nitrogen and oxygen atoms in total. The van der Waals surface area contributed by atoms with E-state index in [0.717, 1.165) is 21.7 Å². The summed E-state index contributed by atoms with van der Waals surface area (Å²) in [7, 11) is 1.32. The topological polar surface area (TPSA) is 97.7 Å². The third kappa shape index (κ3) is 4.14. The summed E-state index contributed by atoms with van der Waals surface area (Å²) >= 11 is 0. The number of methoxy groups -OCH3 is 1. The summed E-state index contributed by atoms with van der Waals surface area (Å²) in [5.74, 6) is -1.95. The molecule has 0 atom stereocenters. The molecule has 0 aliphatic carbocycles. The molecule has 1 aromatic heterocycles. The average Bonchev–Trinajstić information content (AvgIpc) is 3.10. The maximum atomic E-state index is 13.3. The molecular weight excluding hydrogens is 446 g/mol. The highest BCUT2D eigenvalue weighted by atomic mass is 16.5. The van der Waals surface area contributed by atoms with Gasteiger partial charge in [-0.2, -0.15) is 0 Å². The Bertz CT molecular complexity index is 1430. The second-order valence-corrected chi connectivity index (χ2v) is 8.40. The lowest BCUT2D eigenvalue weighted by molar-refractivity contribution is -0.122. The second kappa shape index (κ2) is 9.06. The zero-order valence-corrected chi connectivity index (χ0v) is 20.1. The van der Waals surface area contributed by atoms with Crippen molar-refractivity contribution in [2.45, 2.75) is 27.7 Å². The van der Waals surface area contributed by atoms with Crippen LogP contribution < -0.4 is 10.2 Å². The number of aryl methyl sites for hydroxylation is 3. The second-order valence-electron chi connectivity index (χ2n) is 8.40. The maximum absolute atomic E-state index is 13.3. The molecule has 4 rings (SSSR count). The number of aromatic nitrogens is 1. The molecule has 0 spiro atoms. The van der Waals surface area contributed by atoms with Gasteiger partial charge in [0.1, 0.15) is 5.57 Å². The molecule has 178 valence electrons. The number of rotatable bonds is 4. The van der Waals surface area contributed by atoms with Crippen molar-refractivity contribution >= 4 is 35.6 Å². The quantitative estimate of drug-likeness (QED) is 0.350. The van der Waals surface area contributed by atoms with E-state index in [4.69, 9.17) is 4.74 Å². The van der Waals surface area contributed by atoms with Crippen LogP contribution in [-0.4, -0.2) is 35.5 Å². The first-order chi connectivity index (χ1) is 16.6. The minimum absolute atomic E-state index is 0.163. The van der Waals surface area contributed by atoms with Gasteiger partial charge in [-0.3, -0.25) is 14.9 Å². The minimum atomic E-state index is -0.794. The fourth-order valence-corrected chi connectivity index (χ4v) is 4.17. The molecule has 2 aromatic carbocycles. The van der Waals surface area contributed by atoms with Crippen LogP contribution in [0.3, 0.4) is 0 Å². The van der Waals surface area contributed by atoms with Gasteiger partial charge in [0, 0.05) is 11.4 Å². The highest BCUT2D eigenvalue weighted by Crippen LogP contribution is 2.28. The third-order valence-corrected chi connectivity index (χ3v) is 6.17. The Morgan fingerprint density at radius 3 is 2.34 bits per heavy atom. The smallest absolute Gasteiger partial charge is 0.339 e. The van der Waals surface area contributed by atoms with E-state index < -0.39 is 23.8 Å². The van der Waals surface area contributed by atoms with E-state index >= 15 is 0 Å². The molecular formula is C27H25N3O5. The minimum Gasteiger partial charge on any atom is -0.465 e. The van der Waals surface area contributed by atoms with Crippen molar-refractivity contribution in [1.82, 2.24) is 9.88 Å². The van der Waals surface area contributed by atoms with Gasteiger partial charge in [-0.1, -0.05) is 18.2 Å². The Kier molecular flexibility index (Phi) is 6.13. The SMILES string of the molecule is COC(=O)c1ccccc1-n1c(C)cc(/C=C2\C(=O)NC(=O)N(c3ccc(C)c(C)c3)C2=O)c1C. The summed E-state index contributed by atoms with van der Waals surface area (Å²) in [6, 6.07) is 13.3. The number of hydrogen-bond donors (Lipinski definition) is 1. The molecule has 1 N–H and O–H groups in total. The number of urea groups is 1. The van der Waals surface area contributed by atoms with Crippen LogP contribution in [0.4, 0.5) is 10.5 Å². The Labute approximate surface area is 202 Å². The highest BCUT2D eigenvalue weighted by molar-refractivity contribution is 6.39. The molecule has 0 bridgehead atoms. The molecule has 0 radical (unpaired) electrons. The summed E-state index contributed by atoms with van der Waals surface area (Å²) in [6.07, 6.45) is 1.47. The van der Waals surface area contributed by atoms with Gasteiger partial charge in [0.15, 0.2) is 0 Å². The molecule has 3 aromatic rings. The van der Waals surface area contributed by atoms with Crippen molar-refractivity contribution in [2.24, 2.45) is 0 Å². The van der Waals surface area contributed by atoms with Crippen LogP contribution in [-0.2, 0) is 14.3 Å². The van der Waals surface area contributed by atoms with Crippen LogP contribution in [0.25, 0.3) is 11.8 Å². The summed E-state index contributed by atoms with van der Waals surface area (Å²) in [4.78, 5) is 51.8. The first-order valence-corrected chi connectivity index (χ1v) is 11.0. The number of ether oxygens (including phenoxy) is 1. The van der Waals surface area contributed by atoms with Crippen molar-refractivity contribution in [3.63, 3.8) is 0 Å². The Hall–Kier alpha value is -4.46. The van der Waals surface area contributed by atoms with Crippen molar-refractivity contribution in [3.05, 3.63) is 87.7 Å². The molecule has 1 aliphatic rings. The average molecular weight is 472 g/mol. The van der Waals surface area contributed by atoms with Gasteiger partial charge in [-0.25, -0.2) is 14.5 Å². The highest BCUT2D eigenvalue weighted by Gasteiger charge is 2.37. The first-order valence-electron chi connectivity index (χ1n) is 11.0. The van der Waals surface area contributed by atoms with E-state index in [1.165, 1.54) is 13.2 Å². The van der Waals surface area contributed by atoms with Gasteiger partial charge >= 0.3 is 12.0 Å². The molecule has 0 unspecified atom stereocenters. The van der Waals surface area contributed by atoms with Gasteiger partial charge in [-0.15, -0.1) is 0 Å². The predicted molar refractivity (Wildman–Crippen MR) is 132 cm³/mol. The van der Waals surface area contributed by atoms with Crippen LogP contribution >= 0.6 is 0 Å². The summed E-state index contributed by atoms with van der Waals surface area (Å²) in [5, 5.41) is 2.26. The summed E-state index contributed by atoms with van der Waals surface area (Å²) in [5.41, 5.74) is 5.26. The van der Waals surface area contributed by atoms with Crippen LogP contribution in [0.5, 0.6) is 0 Å². The fraction of sp³-hybridized carbons (Fsp3) is 0.185. The number of imide groups is 2. The number of nitrogens with zero attached hydrogens (tertiary/aromatic N) is 2. The van der Waals surface area contributed by atoms with Crippen LogP contribution in [0.15, 0.2) is 54.1 Å². The number of para-hydroxylation sites is 1. The lowest BCUT2D eigenvalue weighted by atomic mass is 10.1. The lowest BCUT2D eigenvalue weighted by Gasteiger charge is -2.26. The third-order valence-electron chi connectivity index (χ3n) is 6.17. The van der Waals surface area contributed by atoms with E-state index in [0.29, 0.717) is 28.2 Å². The molecule has 8 heteroatoms. The zero-order valence-electron chi connectivity index (χ0n) is 20.1. The Balaban J connectivity index is 1.79. The number of hydrogen-bond acceptors (Lipinski definition) is 5. The van der Waals surface area contributed by atoms with Crippen LogP contribution in [0, 0.1) is 27.7 Å². The number of carbonyl (C=O) groups excluding carboxylic acids is 4. The van der Waals surface area contributed by atoms with Gasteiger partial charge in [-0.05, 0) is 80.8 Å². The van der Waals surface area contributed by atoms with E-state index in [-0.39, 0.29) is 5.57 Å². The molecule has 0 saturated carbocycles. The number of benzene rings is 2. The molecule has 1 fully saturated rings. The number of amides is 4. The Morgan fingerprint density at radius 2 is 1.66 bits per heavy atom. The van der Waals surface area contributed by atoms with Crippen molar-refractivity contribution < 1.29 is 23.9 Å². The monoisotopic (exact) mass is 471 g/mol. The predicted octanol–water partition coefficient (Wildman–Crippen LogP) is 4.16. The van der Waals surface area contributed by atoms with E-state index in [1.807, 2.05) is 50.5 Å². The molecule has 1 aliphatic heterocycles. The number of nitrogens with one attached hydrogen (secondary N) is 1. The van der Waals surface area contributed by atoms with Gasteiger partial charge in [0.25, 0.3) is 11.8 Å². The molecule has 1 saturated heterocycles. The number of esters is 1. The fourth-order valence-electron chi connectivity index (χ4n) is 4.17. The number of anilines is 1. The van der Waals surface area contributed by atoms with Gasteiger partial charge in [0.2, 0.25) is 0 Å². The van der Waals surface area contributed by atoms with Crippen molar-refractivity contribution in [3.8, 4) is 5.69 Å². The lowest BCUT2D eigenvalue weighted by Crippen LogP contribution is -2.54. The normalized spacial score (nSPS) is 14.9. The molecule has 4 amide bonds. The van der Waals surface area contributed by atoms with Crippen molar-refractivity contribution in [2.75, 3.05) is 12.0 Å². The molecule has 35 heavy (non-hydrogen) atoms. The van der Waals surface area contributed by atoms with E-state index in [9.17, 15) is 19.2 Å². The number of carbonyl (C=O) groups is 4.